The topological polar surface area (TPSA) is 105 Å². The van der Waals surface area contributed by atoms with Gasteiger partial charge in [0.2, 0.25) is 0 Å². The van der Waals surface area contributed by atoms with Gasteiger partial charge in [0, 0.05) is 4.47 Å². The number of nitrogens with one attached hydrogen (secondary N) is 1. The summed E-state index contributed by atoms with van der Waals surface area (Å²) in [4.78, 5) is 36.1. The average molecular weight is 461 g/mol. The van der Waals surface area contributed by atoms with E-state index in [1.165, 1.54) is 31.2 Å². The molecule has 2 aromatic carbocycles. The van der Waals surface area contributed by atoms with E-state index in [-0.39, 0.29) is 17.1 Å². The first-order valence-electron chi connectivity index (χ1n) is 8.51. The highest BCUT2D eigenvalue weighted by Crippen LogP contribution is 2.36. The lowest BCUT2D eigenvalue weighted by atomic mass is 10.1. The van der Waals surface area contributed by atoms with Gasteiger partial charge in [0.15, 0.2) is 17.6 Å². The van der Waals surface area contributed by atoms with Crippen LogP contribution in [0.4, 0.5) is 5.69 Å². The molecule has 0 aliphatic carbocycles. The molecule has 1 aliphatic rings. The molecule has 0 saturated carbocycles. The van der Waals surface area contributed by atoms with E-state index < -0.39 is 23.9 Å². The Kier molecular flexibility index (Phi) is 5.88. The Balaban J connectivity index is 1.94. The highest BCUT2D eigenvalue weighted by Gasteiger charge is 2.34. The Hall–Kier alpha value is -3.33. The Bertz CT molecular complexity index is 1010. The summed E-state index contributed by atoms with van der Waals surface area (Å²) in [5.74, 6) is -1.68. The molecule has 0 aromatic heterocycles. The molecule has 2 amide bonds. The summed E-state index contributed by atoms with van der Waals surface area (Å²) >= 11 is 3.36. The Labute approximate surface area is 174 Å². The van der Waals surface area contributed by atoms with Gasteiger partial charge < -0.3 is 14.6 Å². The van der Waals surface area contributed by atoms with Crippen LogP contribution in [0.5, 0.6) is 11.5 Å². The van der Waals surface area contributed by atoms with Crippen molar-refractivity contribution < 1.29 is 29.0 Å². The normalized spacial score (nSPS) is 16.0. The number of halogens is 1. The second-order valence-electron chi connectivity index (χ2n) is 6.10. The number of methoxy groups -OCH3 is 1. The van der Waals surface area contributed by atoms with Gasteiger partial charge in [-0.05, 0) is 42.8 Å². The van der Waals surface area contributed by atoms with Crippen molar-refractivity contribution in [1.29, 1.82) is 0 Å². The average Bonchev–Trinajstić information content (AvgIpc) is 2.98. The molecule has 29 heavy (non-hydrogen) atoms. The zero-order chi connectivity index (χ0) is 21.1. The van der Waals surface area contributed by atoms with E-state index >= 15 is 0 Å². The van der Waals surface area contributed by atoms with Gasteiger partial charge >= 0.3 is 5.97 Å². The Morgan fingerprint density at radius 3 is 2.52 bits per heavy atom. The highest BCUT2D eigenvalue weighted by molar-refractivity contribution is 9.10. The summed E-state index contributed by atoms with van der Waals surface area (Å²) in [6.45, 7) is 1.39. The number of carboxylic acid groups (broad SMARTS) is 1. The second kappa shape index (κ2) is 8.36. The molecule has 1 heterocycles. The van der Waals surface area contributed by atoms with E-state index in [2.05, 4.69) is 21.4 Å². The highest BCUT2D eigenvalue weighted by atomic mass is 79.9. The number of amides is 2. The lowest BCUT2D eigenvalue weighted by molar-refractivity contribution is -0.144. The predicted octanol–water partition coefficient (Wildman–Crippen LogP) is 2.77. The molecule has 1 fully saturated rings. The zero-order valence-corrected chi connectivity index (χ0v) is 17.1. The summed E-state index contributed by atoms with van der Waals surface area (Å²) in [6, 6.07) is 11.8. The molecule has 0 spiro atoms. The molecule has 3 rings (SSSR count). The fraction of sp³-hybridized carbons (Fsp3) is 0.150. The zero-order valence-electron chi connectivity index (χ0n) is 15.5. The molecule has 1 aliphatic heterocycles. The maximum Gasteiger partial charge on any atom is 0.344 e. The molecule has 9 heteroatoms. The van der Waals surface area contributed by atoms with Crippen LogP contribution in [-0.2, 0) is 14.4 Å². The molecule has 1 unspecified atom stereocenters. The summed E-state index contributed by atoms with van der Waals surface area (Å²) in [7, 11) is 1.41. The van der Waals surface area contributed by atoms with E-state index in [9.17, 15) is 14.4 Å². The van der Waals surface area contributed by atoms with Crippen molar-refractivity contribution in [2.24, 2.45) is 0 Å². The standard InChI is InChI=1S/C20H17BrN2O6/c1-11(20(26)27)29-17-10-15(21)12(9-16(17)28-2)8-14-18(24)22-23(19(14)25)13-6-4-3-5-7-13/h3-11H,1-2H3,(H,22,24)(H,26,27). The van der Waals surface area contributed by atoms with Crippen molar-refractivity contribution in [3.05, 3.63) is 58.1 Å². The maximum atomic E-state index is 12.7. The van der Waals surface area contributed by atoms with Crippen molar-refractivity contribution in [2.45, 2.75) is 13.0 Å². The molecule has 150 valence electrons. The number of nitrogens with zero attached hydrogens (tertiary/aromatic N) is 1. The number of anilines is 1. The van der Waals surface area contributed by atoms with Gasteiger partial charge in [0.05, 0.1) is 12.8 Å². The van der Waals surface area contributed by atoms with E-state index in [0.717, 1.165) is 0 Å². The van der Waals surface area contributed by atoms with Crippen LogP contribution in [0.3, 0.4) is 0 Å². The number of aliphatic carboxylic acids is 1. The van der Waals surface area contributed by atoms with Crippen molar-refractivity contribution in [1.82, 2.24) is 5.43 Å². The first-order valence-corrected chi connectivity index (χ1v) is 9.30. The van der Waals surface area contributed by atoms with Gasteiger partial charge in [-0.2, -0.15) is 0 Å². The number of hydrogen-bond donors (Lipinski definition) is 2. The van der Waals surface area contributed by atoms with Gasteiger partial charge in [-0.3, -0.25) is 15.0 Å². The molecule has 2 aromatic rings. The quantitative estimate of drug-likeness (QED) is 0.507. The summed E-state index contributed by atoms with van der Waals surface area (Å²) < 4.78 is 11.2. The van der Waals surface area contributed by atoms with Gasteiger partial charge in [0.1, 0.15) is 5.57 Å². The molecule has 2 N–H and O–H groups in total. The van der Waals surface area contributed by atoms with E-state index in [1.54, 1.807) is 36.4 Å². The van der Waals surface area contributed by atoms with Crippen molar-refractivity contribution in [3.8, 4) is 11.5 Å². The van der Waals surface area contributed by atoms with Gasteiger partial charge in [-0.25, -0.2) is 9.80 Å². The molecule has 0 radical (unpaired) electrons. The van der Waals surface area contributed by atoms with Crippen LogP contribution in [-0.4, -0.2) is 36.1 Å². The van der Waals surface area contributed by atoms with Crippen LogP contribution in [0.25, 0.3) is 6.08 Å². The minimum absolute atomic E-state index is 0.0517. The number of para-hydroxylation sites is 1. The van der Waals surface area contributed by atoms with Crippen molar-refractivity contribution in [2.75, 3.05) is 12.1 Å². The maximum absolute atomic E-state index is 12.7. The predicted molar refractivity (Wildman–Crippen MR) is 108 cm³/mol. The Morgan fingerprint density at radius 1 is 1.21 bits per heavy atom. The third kappa shape index (κ3) is 4.24. The monoisotopic (exact) mass is 460 g/mol. The SMILES string of the molecule is COc1cc(C=C2C(=O)NN(c3ccccc3)C2=O)c(Br)cc1OC(C)C(=O)O. The van der Waals surface area contributed by atoms with Crippen molar-refractivity contribution >= 4 is 45.5 Å². The third-order valence-electron chi connectivity index (χ3n) is 4.14. The van der Waals surface area contributed by atoms with Crippen LogP contribution in [0, 0.1) is 0 Å². The van der Waals surface area contributed by atoms with Gasteiger partial charge in [-0.15, -0.1) is 0 Å². The van der Waals surface area contributed by atoms with Crippen molar-refractivity contribution in [3.63, 3.8) is 0 Å². The summed E-state index contributed by atoms with van der Waals surface area (Å²) in [5, 5.41) is 10.2. The van der Waals surface area contributed by atoms with Crippen LogP contribution in [0.15, 0.2) is 52.5 Å². The number of hydrogen-bond acceptors (Lipinski definition) is 5. The third-order valence-corrected chi connectivity index (χ3v) is 4.83. The van der Waals surface area contributed by atoms with E-state index in [0.29, 0.717) is 15.7 Å². The fourth-order valence-corrected chi connectivity index (χ4v) is 3.06. The Morgan fingerprint density at radius 2 is 1.90 bits per heavy atom. The van der Waals surface area contributed by atoms with Crippen LogP contribution in [0.2, 0.25) is 0 Å². The molecule has 1 atom stereocenters. The van der Waals surface area contributed by atoms with Gasteiger partial charge in [-0.1, -0.05) is 34.1 Å². The van der Waals surface area contributed by atoms with Gasteiger partial charge in [0.25, 0.3) is 11.8 Å². The smallest absolute Gasteiger partial charge is 0.344 e. The number of hydrazine groups is 1. The fourth-order valence-electron chi connectivity index (χ4n) is 2.63. The number of ether oxygens (including phenoxy) is 2. The minimum Gasteiger partial charge on any atom is -0.493 e. The number of carbonyl (C=O) groups excluding carboxylic acids is 2. The van der Waals surface area contributed by atoms with Crippen LogP contribution >= 0.6 is 15.9 Å². The lowest BCUT2D eigenvalue weighted by Crippen LogP contribution is -2.35. The first kappa shape index (κ1) is 20.4. The molecular weight excluding hydrogens is 444 g/mol. The van der Waals surface area contributed by atoms with Crippen LogP contribution in [0.1, 0.15) is 12.5 Å². The second-order valence-corrected chi connectivity index (χ2v) is 6.95. The number of benzene rings is 2. The first-order chi connectivity index (χ1) is 13.8. The van der Waals surface area contributed by atoms with E-state index in [4.69, 9.17) is 14.6 Å². The molecule has 8 nitrogen and oxygen atoms in total. The molecule has 1 saturated heterocycles. The van der Waals surface area contributed by atoms with Crippen LogP contribution < -0.4 is 19.9 Å². The number of rotatable bonds is 6. The van der Waals surface area contributed by atoms with E-state index in [1.807, 2.05) is 0 Å². The largest absolute Gasteiger partial charge is 0.493 e. The lowest BCUT2D eigenvalue weighted by Gasteiger charge is -2.15. The number of carbonyl (C=O) groups is 3. The minimum atomic E-state index is -1.12. The summed E-state index contributed by atoms with van der Waals surface area (Å²) in [6.07, 6.45) is 0.346. The summed E-state index contributed by atoms with van der Waals surface area (Å²) in [5.41, 5.74) is 3.51. The molecular formula is C20H17BrN2O6. The molecule has 0 bridgehead atoms. The number of carboxylic acids is 1.